The quantitative estimate of drug-likeness (QED) is 0.346. The number of amides is 1. The van der Waals surface area contributed by atoms with Gasteiger partial charge < -0.3 is 9.42 Å². The molecule has 1 fully saturated rings. The van der Waals surface area contributed by atoms with Gasteiger partial charge in [-0.25, -0.2) is 9.07 Å². The molecule has 186 valence electrons. The average molecular weight is 490 g/mol. The Bertz CT molecular complexity index is 1450. The van der Waals surface area contributed by atoms with Crippen LogP contribution < -0.4 is 5.56 Å². The fourth-order valence-corrected chi connectivity index (χ4v) is 4.72. The molecule has 0 aliphatic carbocycles. The number of aromatic nitrogens is 4. The van der Waals surface area contributed by atoms with E-state index in [0.29, 0.717) is 47.7 Å². The van der Waals surface area contributed by atoms with Crippen LogP contribution in [0.25, 0.3) is 22.2 Å². The van der Waals surface area contributed by atoms with E-state index in [0.717, 1.165) is 32.1 Å². The first-order chi connectivity index (χ1) is 17.5. The van der Waals surface area contributed by atoms with Crippen LogP contribution in [0, 0.1) is 5.82 Å². The summed E-state index contributed by atoms with van der Waals surface area (Å²) in [5, 5.41) is 9.61. The molecule has 0 saturated carbocycles. The predicted octanol–water partition coefficient (Wildman–Crippen LogP) is 4.80. The van der Waals surface area contributed by atoms with Crippen molar-refractivity contribution in [3.05, 3.63) is 76.3 Å². The van der Waals surface area contributed by atoms with Crippen LogP contribution >= 0.6 is 0 Å². The van der Waals surface area contributed by atoms with Crippen LogP contribution in [0.15, 0.2) is 57.8 Å². The average Bonchev–Trinajstić information content (AvgIpc) is 3.41. The Morgan fingerprint density at radius 3 is 2.78 bits per heavy atom. The van der Waals surface area contributed by atoms with Crippen LogP contribution in [-0.4, -0.2) is 43.8 Å². The molecule has 5 rings (SSSR count). The molecule has 0 radical (unpaired) electrons. The molecular weight excluding hydrogens is 461 g/mol. The second kappa shape index (κ2) is 10.4. The van der Waals surface area contributed by atoms with Crippen molar-refractivity contribution in [2.45, 2.75) is 51.5 Å². The topological polar surface area (TPSA) is 94.1 Å². The number of carbonyl (C=O) groups is 1. The Morgan fingerprint density at radius 2 is 1.97 bits per heavy atom. The van der Waals surface area contributed by atoms with E-state index in [1.165, 1.54) is 16.8 Å². The lowest BCUT2D eigenvalue weighted by molar-refractivity contribution is 0.0689. The van der Waals surface area contributed by atoms with Crippen molar-refractivity contribution in [3.63, 3.8) is 0 Å². The van der Waals surface area contributed by atoms with Crippen LogP contribution in [0.2, 0.25) is 0 Å². The summed E-state index contributed by atoms with van der Waals surface area (Å²) in [5.74, 6) is 0.0159. The maximum atomic E-state index is 13.7. The van der Waals surface area contributed by atoms with Crippen molar-refractivity contribution >= 4 is 16.7 Å². The van der Waals surface area contributed by atoms with E-state index in [1.54, 1.807) is 35.2 Å². The number of benzene rings is 2. The van der Waals surface area contributed by atoms with Crippen molar-refractivity contribution in [1.82, 2.24) is 24.8 Å². The highest BCUT2D eigenvalue weighted by Crippen LogP contribution is 2.29. The fourth-order valence-electron chi connectivity index (χ4n) is 4.72. The van der Waals surface area contributed by atoms with Gasteiger partial charge in [-0.05, 0) is 37.5 Å². The standard InChI is InChI=1S/C27H28FN5O3/c1-2-3-6-15-33-26(34)22-13-5-4-12-21(22)23(30-33)27(35)32-14-8-10-19(17-32)25-29-24(31-36-25)18-9-7-11-20(28)16-18/h4-5,7,9,11-13,16,19H,2-3,6,8,10,14-15,17H2,1H3. The lowest BCUT2D eigenvalue weighted by Gasteiger charge is -2.31. The number of nitrogens with zero attached hydrogens (tertiary/aromatic N) is 5. The molecule has 3 heterocycles. The molecule has 1 aliphatic rings. The van der Waals surface area contributed by atoms with Gasteiger partial charge in [0.15, 0.2) is 5.69 Å². The second-order valence-corrected chi connectivity index (χ2v) is 9.19. The molecule has 0 N–H and O–H groups in total. The highest BCUT2D eigenvalue weighted by Gasteiger charge is 2.31. The monoisotopic (exact) mass is 489 g/mol. The smallest absolute Gasteiger partial charge is 0.274 e. The van der Waals surface area contributed by atoms with E-state index in [9.17, 15) is 14.0 Å². The minimum atomic E-state index is -0.371. The summed E-state index contributed by atoms with van der Waals surface area (Å²) in [7, 11) is 0. The second-order valence-electron chi connectivity index (χ2n) is 9.19. The van der Waals surface area contributed by atoms with Gasteiger partial charge in [0.25, 0.3) is 11.5 Å². The van der Waals surface area contributed by atoms with Crippen molar-refractivity contribution in [2.24, 2.45) is 0 Å². The minimum absolute atomic E-state index is 0.140. The Hall–Kier alpha value is -3.88. The third-order valence-electron chi connectivity index (χ3n) is 6.63. The predicted molar refractivity (Wildman–Crippen MR) is 133 cm³/mol. The lowest BCUT2D eigenvalue weighted by Crippen LogP contribution is -2.40. The molecule has 2 aromatic heterocycles. The van der Waals surface area contributed by atoms with Crippen LogP contribution in [0.5, 0.6) is 0 Å². The Morgan fingerprint density at radius 1 is 1.14 bits per heavy atom. The Balaban J connectivity index is 1.41. The van der Waals surface area contributed by atoms with E-state index in [-0.39, 0.29) is 28.9 Å². The molecule has 8 nitrogen and oxygen atoms in total. The minimum Gasteiger partial charge on any atom is -0.339 e. The van der Waals surface area contributed by atoms with E-state index in [4.69, 9.17) is 4.52 Å². The van der Waals surface area contributed by atoms with Crippen molar-refractivity contribution in [1.29, 1.82) is 0 Å². The molecule has 9 heteroatoms. The summed E-state index contributed by atoms with van der Waals surface area (Å²) >= 11 is 0. The highest BCUT2D eigenvalue weighted by atomic mass is 19.1. The van der Waals surface area contributed by atoms with Crippen molar-refractivity contribution < 1.29 is 13.7 Å². The maximum absolute atomic E-state index is 13.7. The van der Waals surface area contributed by atoms with Crippen LogP contribution in [0.4, 0.5) is 4.39 Å². The molecule has 2 aromatic carbocycles. The summed E-state index contributed by atoms with van der Waals surface area (Å²) in [6.45, 7) is 3.55. The number of carbonyl (C=O) groups excluding carboxylic acids is 1. The van der Waals surface area contributed by atoms with Crippen LogP contribution in [0.3, 0.4) is 0 Å². The van der Waals surface area contributed by atoms with Gasteiger partial charge in [-0.2, -0.15) is 10.1 Å². The molecule has 1 atom stereocenters. The number of hydrogen-bond acceptors (Lipinski definition) is 6. The summed E-state index contributed by atoms with van der Waals surface area (Å²) in [4.78, 5) is 32.9. The largest absolute Gasteiger partial charge is 0.339 e. The van der Waals surface area contributed by atoms with Gasteiger partial charge >= 0.3 is 0 Å². The van der Waals surface area contributed by atoms with E-state index in [1.807, 2.05) is 6.07 Å². The Labute approximate surface area is 207 Å². The molecular formula is C27H28FN5O3. The number of piperidine rings is 1. The zero-order valence-electron chi connectivity index (χ0n) is 20.2. The number of aryl methyl sites for hydroxylation is 1. The van der Waals surface area contributed by atoms with Gasteiger partial charge in [-0.15, -0.1) is 0 Å². The number of likely N-dealkylation sites (tertiary alicyclic amines) is 1. The van der Waals surface area contributed by atoms with Gasteiger partial charge in [0.2, 0.25) is 11.7 Å². The van der Waals surface area contributed by atoms with E-state index < -0.39 is 0 Å². The first-order valence-electron chi connectivity index (χ1n) is 12.4. The van der Waals surface area contributed by atoms with Crippen LogP contribution in [0.1, 0.15) is 61.3 Å². The number of halogens is 1. The molecule has 0 bridgehead atoms. The molecule has 36 heavy (non-hydrogen) atoms. The molecule has 1 amide bonds. The molecule has 1 saturated heterocycles. The maximum Gasteiger partial charge on any atom is 0.274 e. The molecule has 1 aliphatic heterocycles. The first kappa shape index (κ1) is 23.8. The van der Waals surface area contributed by atoms with Gasteiger partial charge in [-0.1, -0.05) is 55.3 Å². The normalized spacial score (nSPS) is 15.9. The number of fused-ring (bicyclic) bond motifs is 1. The van der Waals surface area contributed by atoms with Gasteiger partial charge in [0.1, 0.15) is 5.82 Å². The third-order valence-corrected chi connectivity index (χ3v) is 6.63. The highest BCUT2D eigenvalue weighted by molar-refractivity contribution is 6.04. The molecule has 1 unspecified atom stereocenters. The Kier molecular flexibility index (Phi) is 6.88. The first-order valence-corrected chi connectivity index (χ1v) is 12.4. The van der Waals surface area contributed by atoms with E-state index in [2.05, 4.69) is 22.2 Å². The molecule has 0 spiro atoms. The summed E-state index contributed by atoms with van der Waals surface area (Å²) < 4.78 is 20.5. The SMILES string of the molecule is CCCCCn1nc(C(=O)N2CCCC(c3nc(-c4cccc(F)c4)no3)C2)c2ccccc2c1=O. The van der Waals surface area contributed by atoms with Crippen LogP contribution in [-0.2, 0) is 6.54 Å². The van der Waals surface area contributed by atoms with Gasteiger partial charge in [0.05, 0.1) is 11.3 Å². The number of rotatable bonds is 7. The summed E-state index contributed by atoms with van der Waals surface area (Å²) in [6.07, 6.45) is 4.40. The zero-order chi connectivity index (χ0) is 25.1. The lowest BCUT2D eigenvalue weighted by atomic mass is 9.97. The van der Waals surface area contributed by atoms with Crippen molar-refractivity contribution in [2.75, 3.05) is 13.1 Å². The third kappa shape index (κ3) is 4.78. The molecule has 4 aromatic rings. The summed E-state index contributed by atoms with van der Waals surface area (Å²) in [6, 6.07) is 13.2. The van der Waals surface area contributed by atoms with Gasteiger partial charge in [-0.3, -0.25) is 9.59 Å². The van der Waals surface area contributed by atoms with Gasteiger partial charge in [0, 0.05) is 30.6 Å². The zero-order valence-corrected chi connectivity index (χ0v) is 20.2. The van der Waals surface area contributed by atoms with Crippen molar-refractivity contribution in [3.8, 4) is 11.4 Å². The fraction of sp³-hybridized carbons (Fsp3) is 0.370. The van der Waals surface area contributed by atoms with E-state index >= 15 is 0 Å². The summed E-state index contributed by atoms with van der Waals surface area (Å²) in [5.41, 5.74) is 0.647. The number of hydrogen-bond donors (Lipinski definition) is 0. The number of unbranched alkanes of at least 4 members (excludes halogenated alkanes) is 2.